The SMILES string of the molecule is Cl.N[C@H](C(=O)O)C12CC3CC(CC(C3)C1)C2. The van der Waals surface area contributed by atoms with Crippen LogP contribution in [0, 0.1) is 23.2 Å². The van der Waals surface area contributed by atoms with E-state index in [1.54, 1.807) is 0 Å². The lowest BCUT2D eigenvalue weighted by atomic mass is 9.48. The first-order chi connectivity index (χ1) is 7.09. The molecule has 0 amide bonds. The summed E-state index contributed by atoms with van der Waals surface area (Å²) in [6.45, 7) is 0. The van der Waals surface area contributed by atoms with E-state index < -0.39 is 12.0 Å². The van der Waals surface area contributed by atoms with E-state index in [1.807, 2.05) is 0 Å². The topological polar surface area (TPSA) is 63.3 Å². The molecular formula is C12H20ClNO2. The average molecular weight is 246 g/mol. The molecule has 0 aromatic rings. The molecule has 0 unspecified atom stereocenters. The van der Waals surface area contributed by atoms with Gasteiger partial charge in [0.25, 0.3) is 0 Å². The highest BCUT2D eigenvalue weighted by atomic mass is 35.5. The van der Waals surface area contributed by atoms with E-state index >= 15 is 0 Å². The summed E-state index contributed by atoms with van der Waals surface area (Å²) < 4.78 is 0. The fourth-order valence-corrected chi connectivity index (χ4v) is 4.82. The van der Waals surface area contributed by atoms with E-state index in [2.05, 4.69) is 0 Å². The molecule has 4 saturated carbocycles. The highest BCUT2D eigenvalue weighted by molar-refractivity contribution is 5.85. The second-order valence-corrected chi connectivity index (χ2v) is 6.10. The normalized spacial score (nSPS) is 46.2. The van der Waals surface area contributed by atoms with Gasteiger partial charge in [0.1, 0.15) is 6.04 Å². The summed E-state index contributed by atoms with van der Waals surface area (Å²) in [5.74, 6) is 1.54. The molecule has 0 aromatic heterocycles. The van der Waals surface area contributed by atoms with Crippen molar-refractivity contribution in [3.8, 4) is 0 Å². The minimum absolute atomic E-state index is 0. The first kappa shape index (κ1) is 12.2. The fourth-order valence-electron chi connectivity index (χ4n) is 4.82. The second-order valence-electron chi connectivity index (χ2n) is 6.10. The van der Waals surface area contributed by atoms with Crippen LogP contribution in [0.15, 0.2) is 0 Å². The number of hydrogen-bond donors (Lipinski definition) is 2. The Labute approximate surface area is 102 Å². The van der Waals surface area contributed by atoms with Gasteiger partial charge in [0, 0.05) is 0 Å². The lowest BCUT2D eigenvalue weighted by Gasteiger charge is -2.58. The molecule has 3 N–H and O–H groups in total. The number of carboxylic acid groups (broad SMARTS) is 1. The van der Waals surface area contributed by atoms with Gasteiger partial charge in [-0.3, -0.25) is 4.79 Å². The Hall–Kier alpha value is -0.280. The summed E-state index contributed by atoms with van der Waals surface area (Å²) in [5.41, 5.74) is 5.87. The third kappa shape index (κ3) is 1.65. The summed E-state index contributed by atoms with van der Waals surface area (Å²) in [4.78, 5) is 11.1. The van der Waals surface area contributed by atoms with Crippen LogP contribution < -0.4 is 5.73 Å². The zero-order valence-corrected chi connectivity index (χ0v) is 10.2. The molecule has 4 bridgehead atoms. The molecule has 0 aromatic carbocycles. The van der Waals surface area contributed by atoms with Crippen molar-refractivity contribution in [2.24, 2.45) is 28.9 Å². The maximum Gasteiger partial charge on any atom is 0.321 e. The Morgan fingerprint density at radius 3 is 1.81 bits per heavy atom. The molecule has 4 fully saturated rings. The number of hydrogen-bond acceptors (Lipinski definition) is 2. The molecule has 0 heterocycles. The zero-order chi connectivity index (χ0) is 10.6. The van der Waals surface area contributed by atoms with Gasteiger partial charge in [-0.1, -0.05) is 0 Å². The average Bonchev–Trinajstić information content (AvgIpc) is 2.14. The fraction of sp³-hybridized carbons (Fsp3) is 0.917. The summed E-state index contributed by atoms with van der Waals surface area (Å²) in [6.07, 6.45) is 7.24. The van der Waals surface area contributed by atoms with Gasteiger partial charge in [-0.2, -0.15) is 0 Å². The second kappa shape index (κ2) is 3.88. The number of halogens is 1. The molecule has 4 heteroatoms. The number of carbonyl (C=O) groups is 1. The van der Waals surface area contributed by atoms with Gasteiger partial charge in [0.15, 0.2) is 0 Å². The Morgan fingerprint density at radius 1 is 1.12 bits per heavy atom. The quantitative estimate of drug-likeness (QED) is 0.783. The van der Waals surface area contributed by atoms with Crippen LogP contribution in [0.5, 0.6) is 0 Å². The van der Waals surface area contributed by atoms with Crippen LogP contribution in [0.2, 0.25) is 0 Å². The van der Waals surface area contributed by atoms with Crippen molar-refractivity contribution in [3.63, 3.8) is 0 Å². The third-order valence-electron chi connectivity index (χ3n) is 5.01. The van der Waals surface area contributed by atoms with E-state index in [1.165, 1.54) is 19.3 Å². The van der Waals surface area contributed by atoms with Gasteiger partial charge in [-0.15, -0.1) is 12.4 Å². The van der Waals surface area contributed by atoms with Crippen LogP contribution in [0.3, 0.4) is 0 Å². The van der Waals surface area contributed by atoms with E-state index in [9.17, 15) is 4.79 Å². The first-order valence-electron chi connectivity index (χ1n) is 6.07. The van der Waals surface area contributed by atoms with Crippen LogP contribution in [0.1, 0.15) is 38.5 Å². The van der Waals surface area contributed by atoms with Crippen molar-refractivity contribution < 1.29 is 9.90 Å². The smallest absolute Gasteiger partial charge is 0.321 e. The van der Waals surface area contributed by atoms with Crippen molar-refractivity contribution in [1.82, 2.24) is 0 Å². The molecule has 0 spiro atoms. The van der Waals surface area contributed by atoms with E-state index in [4.69, 9.17) is 10.8 Å². The van der Waals surface area contributed by atoms with Crippen molar-refractivity contribution in [2.45, 2.75) is 44.6 Å². The molecule has 0 radical (unpaired) electrons. The van der Waals surface area contributed by atoms with Gasteiger partial charge >= 0.3 is 5.97 Å². The molecule has 4 rings (SSSR count). The Kier molecular flexibility index (Phi) is 2.96. The summed E-state index contributed by atoms with van der Waals surface area (Å²) in [7, 11) is 0. The standard InChI is InChI=1S/C12H19NO2.ClH/c13-10(11(14)15)12-4-7-1-8(5-12)3-9(2-7)6-12;/h7-10H,1-6,13H2,(H,14,15);1H/t7?,8?,9?,10-,12?;/m1./s1. The number of nitrogens with two attached hydrogens (primary N) is 1. The predicted octanol–water partition coefficient (Wildman–Crippen LogP) is 2.04. The molecule has 4 aliphatic carbocycles. The molecule has 4 aliphatic rings. The molecule has 3 nitrogen and oxygen atoms in total. The van der Waals surface area contributed by atoms with E-state index in [-0.39, 0.29) is 17.8 Å². The van der Waals surface area contributed by atoms with Crippen molar-refractivity contribution in [2.75, 3.05) is 0 Å². The Morgan fingerprint density at radius 2 is 1.50 bits per heavy atom. The molecule has 0 aliphatic heterocycles. The number of carboxylic acids is 1. The van der Waals surface area contributed by atoms with Crippen LogP contribution >= 0.6 is 12.4 Å². The van der Waals surface area contributed by atoms with E-state index in [0.717, 1.165) is 37.0 Å². The van der Waals surface area contributed by atoms with Crippen molar-refractivity contribution >= 4 is 18.4 Å². The largest absolute Gasteiger partial charge is 0.480 e. The Balaban J connectivity index is 0.000000963. The first-order valence-corrected chi connectivity index (χ1v) is 6.07. The zero-order valence-electron chi connectivity index (χ0n) is 9.39. The summed E-state index contributed by atoms with van der Waals surface area (Å²) in [5, 5.41) is 9.12. The predicted molar refractivity (Wildman–Crippen MR) is 63.5 cm³/mol. The molecule has 16 heavy (non-hydrogen) atoms. The van der Waals surface area contributed by atoms with Crippen LogP contribution in [0.25, 0.3) is 0 Å². The maximum atomic E-state index is 11.1. The minimum atomic E-state index is -0.794. The molecule has 1 atom stereocenters. The van der Waals surface area contributed by atoms with Gasteiger partial charge in [-0.25, -0.2) is 0 Å². The van der Waals surface area contributed by atoms with Crippen LogP contribution in [-0.4, -0.2) is 17.1 Å². The molecular weight excluding hydrogens is 226 g/mol. The van der Waals surface area contributed by atoms with Crippen LogP contribution in [0.4, 0.5) is 0 Å². The lowest BCUT2D eigenvalue weighted by molar-refractivity contribution is -0.149. The lowest BCUT2D eigenvalue weighted by Crippen LogP contribution is -2.57. The van der Waals surface area contributed by atoms with Gasteiger partial charge < -0.3 is 10.8 Å². The van der Waals surface area contributed by atoms with Gasteiger partial charge in [0.05, 0.1) is 0 Å². The molecule has 0 saturated heterocycles. The van der Waals surface area contributed by atoms with Crippen molar-refractivity contribution in [1.29, 1.82) is 0 Å². The van der Waals surface area contributed by atoms with E-state index in [0.29, 0.717) is 0 Å². The monoisotopic (exact) mass is 245 g/mol. The maximum absolute atomic E-state index is 11.1. The summed E-state index contributed by atoms with van der Waals surface area (Å²) in [6, 6.07) is -0.620. The van der Waals surface area contributed by atoms with Crippen molar-refractivity contribution in [3.05, 3.63) is 0 Å². The van der Waals surface area contributed by atoms with Gasteiger partial charge in [0.2, 0.25) is 0 Å². The Bertz CT molecular complexity index is 270. The van der Waals surface area contributed by atoms with Crippen LogP contribution in [-0.2, 0) is 4.79 Å². The van der Waals surface area contributed by atoms with Gasteiger partial charge in [-0.05, 0) is 61.7 Å². The minimum Gasteiger partial charge on any atom is -0.480 e. The number of rotatable bonds is 2. The highest BCUT2D eigenvalue weighted by Crippen LogP contribution is 2.60. The highest BCUT2D eigenvalue weighted by Gasteiger charge is 2.55. The molecule has 92 valence electrons. The summed E-state index contributed by atoms with van der Waals surface area (Å²) >= 11 is 0. The number of aliphatic carboxylic acids is 1. The third-order valence-corrected chi connectivity index (χ3v) is 5.01.